The summed E-state index contributed by atoms with van der Waals surface area (Å²) in [5.41, 5.74) is 2.23. The zero-order valence-corrected chi connectivity index (χ0v) is 18.0. The number of ether oxygens (including phenoxy) is 1. The number of hydrogen-bond acceptors (Lipinski definition) is 8. The zero-order valence-electron chi connectivity index (χ0n) is 17.2. The van der Waals surface area contributed by atoms with Gasteiger partial charge in [-0.05, 0) is 31.5 Å². The molecule has 0 saturated carbocycles. The molecule has 1 aliphatic heterocycles. The lowest BCUT2D eigenvalue weighted by molar-refractivity contribution is 0.0383. The minimum atomic E-state index is -0.172. The third-order valence-electron chi connectivity index (χ3n) is 5.06. The molecule has 4 rings (SSSR count). The van der Waals surface area contributed by atoms with Crippen LogP contribution in [0.15, 0.2) is 30.6 Å². The van der Waals surface area contributed by atoms with E-state index in [9.17, 15) is 4.79 Å². The Hall–Kier alpha value is -2.62. The van der Waals surface area contributed by atoms with Crippen LogP contribution in [0.1, 0.15) is 33.9 Å². The van der Waals surface area contributed by atoms with Crippen LogP contribution in [0.2, 0.25) is 0 Å². The van der Waals surface area contributed by atoms with Gasteiger partial charge in [0.15, 0.2) is 5.69 Å². The number of fused-ring (bicyclic) bond motifs is 1. The molecule has 1 saturated heterocycles. The summed E-state index contributed by atoms with van der Waals surface area (Å²) < 4.78 is 6.18. The normalized spacial score (nSPS) is 15.8. The summed E-state index contributed by atoms with van der Waals surface area (Å²) in [4.78, 5) is 29.7. The average molecular weight is 427 g/mol. The van der Waals surface area contributed by atoms with E-state index in [0.29, 0.717) is 18.2 Å². The maximum atomic E-state index is 12.9. The monoisotopic (exact) mass is 426 g/mol. The van der Waals surface area contributed by atoms with E-state index in [-0.39, 0.29) is 11.9 Å². The number of carbonyl (C=O) groups is 1. The summed E-state index contributed by atoms with van der Waals surface area (Å²) in [6.07, 6.45) is 3.55. The molecule has 158 valence electrons. The van der Waals surface area contributed by atoms with Crippen molar-refractivity contribution in [1.29, 1.82) is 0 Å². The number of hydrogen-bond donors (Lipinski definition) is 2. The number of pyridine rings is 1. The molecule has 0 aliphatic carbocycles. The predicted molar refractivity (Wildman–Crippen MR) is 118 cm³/mol. The third kappa shape index (κ3) is 4.92. The fourth-order valence-electron chi connectivity index (χ4n) is 3.41. The fourth-order valence-corrected chi connectivity index (χ4v) is 4.35. The minimum Gasteiger partial charge on any atom is -0.379 e. The molecule has 0 bridgehead atoms. The second kappa shape index (κ2) is 9.46. The number of aryl methyl sites for hydroxylation is 1. The molecule has 1 aliphatic rings. The molecule has 30 heavy (non-hydrogen) atoms. The maximum absolute atomic E-state index is 12.9. The van der Waals surface area contributed by atoms with Crippen molar-refractivity contribution in [2.24, 2.45) is 0 Å². The van der Waals surface area contributed by atoms with Gasteiger partial charge in [0.1, 0.15) is 0 Å². The molecule has 2 N–H and O–H groups in total. The quantitative estimate of drug-likeness (QED) is 0.600. The number of amides is 1. The van der Waals surface area contributed by atoms with Gasteiger partial charge < -0.3 is 15.4 Å². The number of aromatic nitrogens is 3. The number of morpholine rings is 1. The Morgan fingerprint density at radius 2 is 2.17 bits per heavy atom. The van der Waals surface area contributed by atoms with Gasteiger partial charge in [-0.3, -0.25) is 14.7 Å². The first-order chi connectivity index (χ1) is 14.6. The number of anilines is 1. The number of carbonyl (C=O) groups excluding carboxylic acids is 1. The summed E-state index contributed by atoms with van der Waals surface area (Å²) in [5.74, 6) is 0.268. The first kappa shape index (κ1) is 20.6. The molecule has 1 fully saturated rings. The van der Waals surface area contributed by atoms with Crippen LogP contribution in [0.4, 0.5) is 5.95 Å². The number of rotatable bonds is 7. The van der Waals surface area contributed by atoms with Gasteiger partial charge in [0.25, 0.3) is 5.91 Å². The Labute approximate surface area is 179 Å². The second-order valence-corrected chi connectivity index (χ2v) is 8.59. The average Bonchev–Trinajstić information content (AvgIpc) is 3.14. The van der Waals surface area contributed by atoms with Crippen LogP contribution >= 0.6 is 11.3 Å². The van der Waals surface area contributed by atoms with Crippen LogP contribution in [-0.2, 0) is 4.74 Å². The second-order valence-electron chi connectivity index (χ2n) is 7.33. The van der Waals surface area contributed by atoms with Crippen molar-refractivity contribution in [3.05, 3.63) is 46.7 Å². The van der Waals surface area contributed by atoms with Crippen molar-refractivity contribution in [2.45, 2.75) is 19.9 Å². The van der Waals surface area contributed by atoms with Gasteiger partial charge in [-0.15, -0.1) is 11.3 Å². The zero-order chi connectivity index (χ0) is 20.9. The summed E-state index contributed by atoms with van der Waals surface area (Å²) in [6, 6.07) is 5.85. The highest BCUT2D eigenvalue weighted by molar-refractivity contribution is 7.19. The van der Waals surface area contributed by atoms with E-state index < -0.39 is 0 Å². The van der Waals surface area contributed by atoms with Crippen molar-refractivity contribution >= 4 is 33.4 Å². The van der Waals surface area contributed by atoms with Crippen molar-refractivity contribution in [3.63, 3.8) is 0 Å². The molecule has 1 atom stereocenters. The van der Waals surface area contributed by atoms with Gasteiger partial charge in [0.05, 0.1) is 29.5 Å². The van der Waals surface area contributed by atoms with Gasteiger partial charge in [-0.1, -0.05) is 6.07 Å². The van der Waals surface area contributed by atoms with E-state index in [1.807, 2.05) is 38.2 Å². The molecule has 4 heterocycles. The summed E-state index contributed by atoms with van der Waals surface area (Å²) in [7, 11) is 0. The fraction of sp³-hybridized carbons (Fsp3) is 0.429. The lowest BCUT2D eigenvalue weighted by Crippen LogP contribution is -2.41. The van der Waals surface area contributed by atoms with Crippen LogP contribution in [0.5, 0.6) is 0 Å². The molecule has 0 spiro atoms. The molecule has 0 unspecified atom stereocenters. The van der Waals surface area contributed by atoms with E-state index >= 15 is 0 Å². The van der Waals surface area contributed by atoms with Gasteiger partial charge in [-0.25, -0.2) is 9.97 Å². The lowest BCUT2D eigenvalue weighted by Gasteiger charge is -2.26. The highest BCUT2D eigenvalue weighted by atomic mass is 32.1. The Morgan fingerprint density at radius 3 is 2.93 bits per heavy atom. The number of nitrogens with one attached hydrogen (secondary N) is 2. The summed E-state index contributed by atoms with van der Waals surface area (Å²) in [5, 5.41) is 6.32. The van der Waals surface area contributed by atoms with E-state index in [1.54, 1.807) is 17.5 Å². The first-order valence-corrected chi connectivity index (χ1v) is 10.9. The standard InChI is InChI=1S/C21H26N6O2S/c1-14-12-17-19(30-14)18(20(28)23-6-7-27-8-10-29-11-9-27)26-21(25-17)24-15(2)16-4-3-5-22-13-16/h3-5,12-13,15H,6-11H2,1-2H3,(H,23,28)(H,24,25,26)/t15-/m0/s1. The third-order valence-corrected chi connectivity index (χ3v) is 6.10. The van der Waals surface area contributed by atoms with E-state index in [2.05, 4.69) is 30.5 Å². The van der Waals surface area contributed by atoms with Crippen molar-refractivity contribution < 1.29 is 9.53 Å². The van der Waals surface area contributed by atoms with E-state index in [1.165, 1.54) is 0 Å². The van der Waals surface area contributed by atoms with Crippen molar-refractivity contribution in [2.75, 3.05) is 44.7 Å². The minimum absolute atomic E-state index is 0.0342. The Kier molecular flexibility index (Phi) is 6.51. The largest absolute Gasteiger partial charge is 0.379 e. The van der Waals surface area contributed by atoms with Gasteiger partial charge in [-0.2, -0.15) is 0 Å². The molecule has 0 radical (unpaired) electrons. The van der Waals surface area contributed by atoms with Crippen LogP contribution in [0.3, 0.4) is 0 Å². The number of thiophene rings is 1. The van der Waals surface area contributed by atoms with Crippen LogP contribution in [0, 0.1) is 6.92 Å². The van der Waals surface area contributed by atoms with Crippen LogP contribution in [0.25, 0.3) is 10.2 Å². The Balaban J connectivity index is 1.50. The predicted octanol–water partition coefficient (Wildman–Crippen LogP) is 2.63. The topological polar surface area (TPSA) is 92.3 Å². The Morgan fingerprint density at radius 1 is 1.33 bits per heavy atom. The molecule has 8 nitrogen and oxygen atoms in total. The van der Waals surface area contributed by atoms with Crippen LogP contribution in [-0.4, -0.2) is 65.2 Å². The molecule has 3 aromatic rings. The number of nitrogens with zero attached hydrogens (tertiary/aromatic N) is 4. The summed E-state index contributed by atoms with van der Waals surface area (Å²) in [6.45, 7) is 8.71. The SMILES string of the molecule is Cc1cc2nc(N[C@@H](C)c3cccnc3)nc(C(=O)NCCN3CCOCC3)c2s1. The smallest absolute Gasteiger partial charge is 0.271 e. The molecular weight excluding hydrogens is 400 g/mol. The highest BCUT2D eigenvalue weighted by Gasteiger charge is 2.19. The molecule has 9 heteroatoms. The van der Waals surface area contributed by atoms with E-state index in [4.69, 9.17) is 4.74 Å². The van der Waals surface area contributed by atoms with E-state index in [0.717, 1.165) is 53.5 Å². The molecule has 0 aromatic carbocycles. The van der Waals surface area contributed by atoms with Gasteiger partial charge >= 0.3 is 0 Å². The van der Waals surface area contributed by atoms with Gasteiger partial charge in [0.2, 0.25) is 5.95 Å². The van der Waals surface area contributed by atoms with Crippen LogP contribution < -0.4 is 10.6 Å². The molecule has 3 aromatic heterocycles. The van der Waals surface area contributed by atoms with Gasteiger partial charge in [0, 0.05) is 43.4 Å². The van der Waals surface area contributed by atoms with Crippen molar-refractivity contribution in [3.8, 4) is 0 Å². The first-order valence-electron chi connectivity index (χ1n) is 10.1. The molecular formula is C21H26N6O2S. The van der Waals surface area contributed by atoms with Crippen molar-refractivity contribution in [1.82, 2.24) is 25.2 Å². The molecule has 1 amide bonds. The summed E-state index contributed by atoms with van der Waals surface area (Å²) >= 11 is 1.54. The lowest BCUT2D eigenvalue weighted by atomic mass is 10.1. The highest BCUT2D eigenvalue weighted by Crippen LogP contribution is 2.28. The Bertz CT molecular complexity index is 1000. The maximum Gasteiger partial charge on any atom is 0.271 e.